The van der Waals surface area contributed by atoms with E-state index in [1.54, 1.807) is 18.2 Å². The predicted molar refractivity (Wildman–Crippen MR) is 60.8 cm³/mol. The second kappa shape index (κ2) is 4.34. The quantitative estimate of drug-likeness (QED) is 0.783. The maximum absolute atomic E-state index is 11.5. The van der Waals surface area contributed by atoms with Gasteiger partial charge >= 0.3 is 0 Å². The second-order valence-electron chi connectivity index (χ2n) is 4.84. The first kappa shape index (κ1) is 11.6. The number of carbonyl (C=O) groups is 1. The summed E-state index contributed by atoms with van der Waals surface area (Å²) in [5.41, 5.74) is 0.602. The number of phenolic OH excluding ortho intramolecular Hbond substituents is 1. The fourth-order valence-corrected chi connectivity index (χ4v) is 1.27. The maximum Gasteiger partial charge on any atom is 0.224 e. The Morgan fingerprint density at radius 2 is 2.07 bits per heavy atom. The van der Waals surface area contributed by atoms with Gasteiger partial charge in [-0.3, -0.25) is 4.79 Å². The third-order valence-electron chi connectivity index (χ3n) is 1.82. The number of phenols is 1. The van der Waals surface area contributed by atoms with E-state index in [1.165, 1.54) is 6.07 Å². The Kier molecular flexibility index (Phi) is 3.35. The van der Waals surface area contributed by atoms with Crippen LogP contribution in [0.2, 0.25) is 0 Å². The zero-order valence-corrected chi connectivity index (χ0v) is 9.37. The highest BCUT2D eigenvalue weighted by Gasteiger charge is 2.15. The van der Waals surface area contributed by atoms with Crippen LogP contribution in [0.25, 0.3) is 0 Å². The van der Waals surface area contributed by atoms with Crippen molar-refractivity contribution in [2.45, 2.75) is 27.2 Å². The van der Waals surface area contributed by atoms with E-state index >= 15 is 0 Å². The van der Waals surface area contributed by atoms with Crippen LogP contribution in [-0.2, 0) is 4.79 Å². The number of rotatable bonds is 2. The predicted octanol–water partition coefficient (Wildman–Crippen LogP) is 2.77. The molecule has 0 spiro atoms. The van der Waals surface area contributed by atoms with Gasteiger partial charge in [0.05, 0.1) is 0 Å². The minimum atomic E-state index is -0.0342. The normalized spacial score (nSPS) is 11.1. The van der Waals surface area contributed by atoms with Gasteiger partial charge in [0.1, 0.15) is 5.75 Å². The molecule has 1 amide bonds. The van der Waals surface area contributed by atoms with Crippen LogP contribution in [0, 0.1) is 5.41 Å². The second-order valence-corrected chi connectivity index (χ2v) is 4.84. The molecule has 0 aliphatic rings. The van der Waals surface area contributed by atoms with E-state index in [0.717, 1.165) is 0 Å². The SMILES string of the molecule is CC(C)(C)CC(=O)Nc1cccc(O)c1. The molecular weight excluding hydrogens is 190 g/mol. The summed E-state index contributed by atoms with van der Waals surface area (Å²) < 4.78 is 0. The standard InChI is InChI=1S/C12H17NO2/c1-12(2,3)8-11(15)13-9-5-4-6-10(14)7-9/h4-7,14H,8H2,1-3H3,(H,13,15). The number of benzene rings is 1. The number of amides is 1. The van der Waals surface area contributed by atoms with Gasteiger partial charge in [-0.15, -0.1) is 0 Å². The molecule has 1 rings (SSSR count). The third kappa shape index (κ3) is 4.49. The lowest BCUT2D eigenvalue weighted by Gasteiger charge is -2.17. The van der Waals surface area contributed by atoms with Crippen LogP contribution in [0.5, 0.6) is 5.75 Å². The molecule has 15 heavy (non-hydrogen) atoms. The summed E-state index contributed by atoms with van der Waals surface area (Å²) in [6.07, 6.45) is 0.461. The first-order chi connectivity index (χ1) is 6.87. The van der Waals surface area contributed by atoms with Crippen molar-refractivity contribution in [1.29, 1.82) is 0 Å². The molecular formula is C12H17NO2. The number of hydrogen-bond acceptors (Lipinski definition) is 2. The van der Waals surface area contributed by atoms with Crippen LogP contribution in [0.15, 0.2) is 24.3 Å². The average molecular weight is 207 g/mol. The van der Waals surface area contributed by atoms with E-state index < -0.39 is 0 Å². The van der Waals surface area contributed by atoms with Crippen molar-refractivity contribution < 1.29 is 9.90 Å². The fourth-order valence-electron chi connectivity index (χ4n) is 1.27. The highest BCUT2D eigenvalue weighted by atomic mass is 16.3. The molecule has 0 aliphatic heterocycles. The number of nitrogens with one attached hydrogen (secondary N) is 1. The zero-order chi connectivity index (χ0) is 11.5. The molecule has 2 N–H and O–H groups in total. The molecule has 1 aromatic carbocycles. The monoisotopic (exact) mass is 207 g/mol. The molecule has 1 aromatic rings. The number of aromatic hydroxyl groups is 1. The lowest BCUT2D eigenvalue weighted by molar-refractivity contribution is -0.117. The van der Waals surface area contributed by atoms with Gasteiger partial charge in [-0.05, 0) is 17.5 Å². The van der Waals surface area contributed by atoms with Crippen LogP contribution in [-0.4, -0.2) is 11.0 Å². The topological polar surface area (TPSA) is 49.3 Å². The minimum absolute atomic E-state index is 0.0269. The number of hydrogen-bond donors (Lipinski definition) is 2. The van der Waals surface area contributed by atoms with Crippen molar-refractivity contribution in [1.82, 2.24) is 0 Å². The summed E-state index contributed by atoms with van der Waals surface area (Å²) in [6, 6.07) is 6.54. The lowest BCUT2D eigenvalue weighted by Crippen LogP contribution is -2.19. The van der Waals surface area contributed by atoms with E-state index in [0.29, 0.717) is 12.1 Å². The van der Waals surface area contributed by atoms with Crippen molar-refractivity contribution in [3.63, 3.8) is 0 Å². The molecule has 0 atom stereocenters. The molecule has 0 aliphatic carbocycles. The summed E-state index contributed by atoms with van der Waals surface area (Å²) >= 11 is 0. The van der Waals surface area contributed by atoms with Gasteiger partial charge in [0.25, 0.3) is 0 Å². The molecule has 0 heterocycles. The largest absolute Gasteiger partial charge is 0.508 e. The molecule has 3 heteroatoms. The van der Waals surface area contributed by atoms with E-state index in [-0.39, 0.29) is 17.1 Å². The minimum Gasteiger partial charge on any atom is -0.508 e. The van der Waals surface area contributed by atoms with Crippen molar-refractivity contribution in [3.05, 3.63) is 24.3 Å². The Hall–Kier alpha value is -1.51. The summed E-state index contributed by atoms with van der Waals surface area (Å²) in [6.45, 7) is 6.03. The number of carbonyl (C=O) groups excluding carboxylic acids is 1. The summed E-state index contributed by atoms with van der Waals surface area (Å²) in [7, 11) is 0. The Bertz CT molecular complexity index is 353. The molecule has 3 nitrogen and oxygen atoms in total. The summed E-state index contributed by atoms with van der Waals surface area (Å²) in [5.74, 6) is 0.122. The summed E-state index contributed by atoms with van der Waals surface area (Å²) in [5, 5.41) is 11.9. The number of anilines is 1. The zero-order valence-electron chi connectivity index (χ0n) is 9.37. The highest BCUT2D eigenvalue weighted by Crippen LogP contribution is 2.20. The Balaban J connectivity index is 2.59. The van der Waals surface area contributed by atoms with Crippen LogP contribution in [0.3, 0.4) is 0 Å². The first-order valence-electron chi connectivity index (χ1n) is 4.96. The van der Waals surface area contributed by atoms with Gasteiger partial charge in [0.2, 0.25) is 5.91 Å². The van der Waals surface area contributed by atoms with E-state index in [9.17, 15) is 9.90 Å². The summed E-state index contributed by atoms with van der Waals surface area (Å²) in [4.78, 5) is 11.5. The van der Waals surface area contributed by atoms with Gasteiger partial charge in [-0.25, -0.2) is 0 Å². The van der Waals surface area contributed by atoms with Crippen LogP contribution >= 0.6 is 0 Å². The molecule has 0 saturated heterocycles. The molecule has 0 bridgehead atoms. The molecule has 0 unspecified atom stereocenters. The van der Waals surface area contributed by atoms with Gasteiger partial charge in [0, 0.05) is 18.2 Å². The first-order valence-corrected chi connectivity index (χ1v) is 4.96. The highest BCUT2D eigenvalue weighted by molar-refractivity contribution is 5.91. The van der Waals surface area contributed by atoms with E-state index in [2.05, 4.69) is 5.32 Å². The van der Waals surface area contributed by atoms with E-state index in [1.807, 2.05) is 20.8 Å². The molecule has 0 aromatic heterocycles. The van der Waals surface area contributed by atoms with Gasteiger partial charge < -0.3 is 10.4 Å². The van der Waals surface area contributed by atoms with Crippen molar-refractivity contribution >= 4 is 11.6 Å². The Morgan fingerprint density at radius 1 is 1.40 bits per heavy atom. The van der Waals surface area contributed by atoms with Gasteiger partial charge in [0.15, 0.2) is 0 Å². The van der Waals surface area contributed by atoms with Gasteiger partial charge in [-0.2, -0.15) is 0 Å². The maximum atomic E-state index is 11.5. The van der Waals surface area contributed by atoms with Crippen LogP contribution in [0.4, 0.5) is 5.69 Å². The fraction of sp³-hybridized carbons (Fsp3) is 0.417. The molecule has 0 fully saturated rings. The third-order valence-corrected chi connectivity index (χ3v) is 1.82. The Labute approximate surface area is 90.1 Å². The Morgan fingerprint density at radius 3 is 2.60 bits per heavy atom. The smallest absolute Gasteiger partial charge is 0.224 e. The molecule has 82 valence electrons. The van der Waals surface area contributed by atoms with Crippen LogP contribution in [0.1, 0.15) is 27.2 Å². The molecule has 0 saturated carbocycles. The van der Waals surface area contributed by atoms with Gasteiger partial charge in [-0.1, -0.05) is 26.8 Å². The molecule has 0 radical (unpaired) electrons. The van der Waals surface area contributed by atoms with E-state index in [4.69, 9.17) is 0 Å². The van der Waals surface area contributed by atoms with Crippen molar-refractivity contribution in [2.24, 2.45) is 5.41 Å². The average Bonchev–Trinajstić information content (AvgIpc) is 1.99. The lowest BCUT2D eigenvalue weighted by atomic mass is 9.92. The van der Waals surface area contributed by atoms with Crippen LogP contribution < -0.4 is 5.32 Å². The van der Waals surface area contributed by atoms with Crippen molar-refractivity contribution in [2.75, 3.05) is 5.32 Å². The van der Waals surface area contributed by atoms with Crippen molar-refractivity contribution in [3.8, 4) is 5.75 Å².